The number of likely N-dealkylation sites (tertiary alicyclic amines) is 1. The predicted octanol–water partition coefficient (Wildman–Crippen LogP) is 0.470. The number of carbonyl (C=O) groups excluding carboxylic acids is 1. The van der Waals surface area contributed by atoms with Crippen molar-refractivity contribution in [2.75, 3.05) is 39.4 Å². The van der Waals surface area contributed by atoms with Gasteiger partial charge < -0.3 is 20.1 Å². The highest BCUT2D eigenvalue weighted by Crippen LogP contribution is 2.30. The highest BCUT2D eigenvalue weighted by molar-refractivity contribution is 5.79. The zero-order chi connectivity index (χ0) is 14.4. The van der Waals surface area contributed by atoms with Crippen molar-refractivity contribution in [2.45, 2.75) is 32.1 Å². The number of aliphatic carboxylic acids is 1. The molecule has 0 radical (unpaired) electrons. The number of carboxylic acids is 1. The lowest BCUT2D eigenvalue weighted by molar-refractivity contribution is -0.154. The number of hydrogen-bond donors (Lipinski definition) is 2. The van der Waals surface area contributed by atoms with E-state index in [1.807, 2.05) is 0 Å². The molecule has 1 amide bonds. The first kappa shape index (κ1) is 15.3. The molecule has 0 atom stereocenters. The molecule has 0 aromatic heterocycles. The van der Waals surface area contributed by atoms with E-state index in [2.05, 4.69) is 10.2 Å². The van der Waals surface area contributed by atoms with Gasteiger partial charge in [0.15, 0.2) is 0 Å². The van der Waals surface area contributed by atoms with Crippen LogP contribution in [0.2, 0.25) is 0 Å². The van der Waals surface area contributed by atoms with E-state index in [-0.39, 0.29) is 12.5 Å². The summed E-state index contributed by atoms with van der Waals surface area (Å²) in [5, 5.41) is 12.2. The molecule has 0 spiro atoms. The van der Waals surface area contributed by atoms with Gasteiger partial charge in [0, 0.05) is 32.7 Å². The average Bonchev–Trinajstić information content (AvgIpc) is 2.97. The second kappa shape index (κ2) is 7.04. The van der Waals surface area contributed by atoms with Crippen molar-refractivity contribution in [3.63, 3.8) is 0 Å². The second-order valence-electron chi connectivity index (χ2n) is 5.77. The third-order valence-electron chi connectivity index (χ3n) is 4.38. The summed E-state index contributed by atoms with van der Waals surface area (Å²) in [6.45, 7) is 4.04. The van der Waals surface area contributed by atoms with Crippen molar-refractivity contribution in [2.24, 2.45) is 5.41 Å². The third-order valence-corrected chi connectivity index (χ3v) is 4.38. The number of hydrogen-bond acceptors (Lipinski definition) is 4. The molecule has 114 valence electrons. The first-order valence-corrected chi connectivity index (χ1v) is 7.43. The van der Waals surface area contributed by atoms with Gasteiger partial charge in [-0.05, 0) is 38.8 Å². The maximum absolute atomic E-state index is 11.8. The Labute approximate surface area is 119 Å². The SMILES string of the molecule is O=C(CCN1CCCC1)NCC1(C(=O)O)CCOCC1. The van der Waals surface area contributed by atoms with Crippen LogP contribution in [0.4, 0.5) is 0 Å². The summed E-state index contributed by atoms with van der Waals surface area (Å²) in [7, 11) is 0. The minimum absolute atomic E-state index is 0.0518. The van der Waals surface area contributed by atoms with Crippen LogP contribution in [0.25, 0.3) is 0 Å². The number of amides is 1. The molecule has 2 fully saturated rings. The van der Waals surface area contributed by atoms with Crippen LogP contribution in [0.3, 0.4) is 0 Å². The van der Waals surface area contributed by atoms with Crippen LogP contribution < -0.4 is 5.32 Å². The lowest BCUT2D eigenvalue weighted by Crippen LogP contribution is -2.46. The van der Waals surface area contributed by atoms with E-state index in [4.69, 9.17) is 4.74 Å². The molecular formula is C14H24N2O4. The van der Waals surface area contributed by atoms with Gasteiger partial charge in [-0.3, -0.25) is 9.59 Å². The van der Waals surface area contributed by atoms with Crippen LogP contribution in [0.5, 0.6) is 0 Å². The summed E-state index contributed by atoms with van der Waals surface area (Å²) in [5.74, 6) is -0.885. The van der Waals surface area contributed by atoms with E-state index in [9.17, 15) is 14.7 Å². The van der Waals surface area contributed by atoms with Crippen molar-refractivity contribution in [1.29, 1.82) is 0 Å². The number of ether oxygens (including phenoxy) is 1. The molecule has 0 saturated carbocycles. The van der Waals surface area contributed by atoms with Crippen LogP contribution in [-0.4, -0.2) is 61.3 Å². The Morgan fingerprint density at radius 2 is 1.85 bits per heavy atom. The molecule has 0 unspecified atom stereocenters. The topological polar surface area (TPSA) is 78.9 Å². The molecule has 2 aliphatic rings. The Morgan fingerprint density at radius 3 is 2.45 bits per heavy atom. The van der Waals surface area contributed by atoms with Gasteiger partial charge in [-0.25, -0.2) is 0 Å². The zero-order valence-corrected chi connectivity index (χ0v) is 11.9. The Balaban J connectivity index is 1.74. The summed E-state index contributed by atoms with van der Waals surface area (Å²) in [4.78, 5) is 25.6. The fraction of sp³-hybridized carbons (Fsp3) is 0.857. The molecule has 0 bridgehead atoms. The zero-order valence-electron chi connectivity index (χ0n) is 11.9. The van der Waals surface area contributed by atoms with Crippen molar-refractivity contribution < 1.29 is 19.4 Å². The molecule has 0 aromatic rings. The first-order valence-electron chi connectivity index (χ1n) is 7.43. The van der Waals surface area contributed by atoms with Crippen molar-refractivity contribution >= 4 is 11.9 Å². The summed E-state index contributed by atoms with van der Waals surface area (Å²) >= 11 is 0. The number of nitrogens with zero attached hydrogens (tertiary/aromatic N) is 1. The molecule has 2 aliphatic heterocycles. The van der Waals surface area contributed by atoms with Crippen molar-refractivity contribution in [3.8, 4) is 0 Å². The highest BCUT2D eigenvalue weighted by Gasteiger charge is 2.40. The summed E-state index contributed by atoms with van der Waals surface area (Å²) in [6.07, 6.45) is 3.81. The van der Waals surface area contributed by atoms with Crippen molar-refractivity contribution in [1.82, 2.24) is 10.2 Å². The third kappa shape index (κ3) is 3.93. The fourth-order valence-electron chi connectivity index (χ4n) is 2.85. The molecule has 2 heterocycles. The van der Waals surface area contributed by atoms with Gasteiger partial charge >= 0.3 is 5.97 Å². The average molecular weight is 284 g/mol. The lowest BCUT2D eigenvalue weighted by Gasteiger charge is -2.33. The monoisotopic (exact) mass is 284 g/mol. The van der Waals surface area contributed by atoms with Gasteiger partial charge in [0.25, 0.3) is 0 Å². The molecule has 0 aromatic carbocycles. The minimum Gasteiger partial charge on any atom is -0.481 e. The normalized spacial score (nSPS) is 22.6. The highest BCUT2D eigenvalue weighted by atomic mass is 16.5. The number of carboxylic acid groups (broad SMARTS) is 1. The summed E-state index contributed by atoms with van der Waals surface area (Å²) in [5.41, 5.74) is -0.846. The van der Waals surface area contributed by atoms with Crippen LogP contribution in [0, 0.1) is 5.41 Å². The van der Waals surface area contributed by atoms with E-state index < -0.39 is 11.4 Å². The molecular weight excluding hydrogens is 260 g/mol. The van der Waals surface area contributed by atoms with Gasteiger partial charge in [-0.15, -0.1) is 0 Å². The molecule has 6 nitrogen and oxygen atoms in total. The Bertz CT molecular complexity index is 347. The largest absolute Gasteiger partial charge is 0.481 e. The van der Waals surface area contributed by atoms with E-state index in [1.165, 1.54) is 12.8 Å². The number of nitrogens with one attached hydrogen (secondary N) is 1. The van der Waals surface area contributed by atoms with E-state index in [0.29, 0.717) is 32.5 Å². The molecule has 20 heavy (non-hydrogen) atoms. The predicted molar refractivity (Wildman–Crippen MR) is 73.4 cm³/mol. The maximum Gasteiger partial charge on any atom is 0.311 e. The van der Waals surface area contributed by atoms with Gasteiger partial charge in [0.05, 0.1) is 5.41 Å². The minimum atomic E-state index is -0.846. The van der Waals surface area contributed by atoms with Gasteiger partial charge in [-0.2, -0.15) is 0 Å². The summed E-state index contributed by atoms with van der Waals surface area (Å²) < 4.78 is 5.21. The fourth-order valence-corrected chi connectivity index (χ4v) is 2.85. The van der Waals surface area contributed by atoms with Gasteiger partial charge in [0.2, 0.25) is 5.91 Å². The molecule has 2 saturated heterocycles. The van der Waals surface area contributed by atoms with Gasteiger partial charge in [-0.1, -0.05) is 0 Å². The van der Waals surface area contributed by atoms with E-state index in [1.54, 1.807) is 0 Å². The van der Waals surface area contributed by atoms with Crippen LogP contribution in [-0.2, 0) is 14.3 Å². The molecule has 2 rings (SSSR count). The summed E-state index contributed by atoms with van der Waals surface area (Å²) in [6, 6.07) is 0. The van der Waals surface area contributed by atoms with E-state index in [0.717, 1.165) is 19.6 Å². The first-order chi connectivity index (χ1) is 9.62. The Hall–Kier alpha value is -1.14. The molecule has 0 aliphatic carbocycles. The second-order valence-corrected chi connectivity index (χ2v) is 5.77. The van der Waals surface area contributed by atoms with Crippen molar-refractivity contribution in [3.05, 3.63) is 0 Å². The van der Waals surface area contributed by atoms with Crippen LogP contribution >= 0.6 is 0 Å². The van der Waals surface area contributed by atoms with Crippen LogP contribution in [0.1, 0.15) is 32.1 Å². The van der Waals surface area contributed by atoms with Gasteiger partial charge in [0.1, 0.15) is 0 Å². The lowest BCUT2D eigenvalue weighted by atomic mass is 9.80. The number of rotatable bonds is 6. The molecule has 2 N–H and O–H groups in total. The standard InChI is InChI=1S/C14H24N2O4/c17-12(3-8-16-6-1-2-7-16)15-11-14(13(18)19)4-9-20-10-5-14/h1-11H2,(H,15,17)(H,18,19). The molecule has 6 heteroatoms. The smallest absolute Gasteiger partial charge is 0.311 e. The Morgan fingerprint density at radius 1 is 1.20 bits per heavy atom. The number of carbonyl (C=O) groups is 2. The van der Waals surface area contributed by atoms with Crippen LogP contribution in [0.15, 0.2) is 0 Å². The maximum atomic E-state index is 11.8. The quantitative estimate of drug-likeness (QED) is 0.741. The Kier molecular flexibility index (Phi) is 5.37. The van der Waals surface area contributed by atoms with E-state index >= 15 is 0 Å².